The SMILES string of the molecule is CCNC(c1sccc1Cl)C1(N2CCOCC2)CCCC1. The summed E-state index contributed by atoms with van der Waals surface area (Å²) in [5, 5.41) is 6.79. The van der Waals surface area contributed by atoms with E-state index in [2.05, 4.69) is 22.5 Å². The summed E-state index contributed by atoms with van der Waals surface area (Å²) >= 11 is 8.27. The molecule has 118 valence electrons. The maximum Gasteiger partial charge on any atom is 0.0616 e. The minimum absolute atomic E-state index is 0.217. The Balaban J connectivity index is 1.94. The van der Waals surface area contributed by atoms with Crippen LogP contribution in [0.5, 0.6) is 0 Å². The molecule has 0 radical (unpaired) electrons. The van der Waals surface area contributed by atoms with Crippen molar-refractivity contribution in [1.29, 1.82) is 0 Å². The van der Waals surface area contributed by atoms with Gasteiger partial charge in [-0.05, 0) is 30.8 Å². The molecule has 2 fully saturated rings. The maximum atomic E-state index is 6.48. The third-order valence-corrected chi connectivity index (χ3v) is 6.39. The van der Waals surface area contributed by atoms with Gasteiger partial charge in [-0.25, -0.2) is 0 Å². The Hall–Kier alpha value is -0.130. The first kappa shape index (κ1) is 15.8. The highest BCUT2D eigenvalue weighted by Gasteiger charge is 2.47. The minimum Gasteiger partial charge on any atom is -0.379 e. The second kappa shape index (κ2) is 6.97. The van der Waals surface area contributed by atoms with E-state index < -0.39 is 0 Å². The van der Waals surface area contributed by atoms with E-state index >= 15 is 0 Å². The molecule has 1 aliphatic carbocycles. The molecule has 1 aromatic rings. The van der Waals surface area contributed by atoms with Gasteiger partial charge in [-0.2, -0.15) is 0 Å². The smallest absolute Gasteiger partial charge is 0.0616 e. The van der Waals surface area contributed by atoms with Crippen LogP contribution in [0.1, 0.15) is 43.5 Å². The number of ether oxygens (including phenoxy) is 1. The van der Waals surface area contributed by atoms with Gasteiger partial charge in [0.25, 0.3) is 0 Å². The van der Waals surface area contributed by atoms with Crippen LogP contribution in [0.3, 0.4) is 0 Å². The first-order chi connectivity index (χ1) is 10.3. The third-order valence-electron chi connectivity index (χ3n) is 4.96. The van der Waals surface area contributed by atoms with E-state index in [-0.39, 0.29) is 5.54 Å². The first-order valence-electron chi connectivity index (χ1n) is 8.07. The summed E-state index contributed by atoms with van der Waals surface area (Å²) in [6.07, 6.45) is 5.17. The summed E-state index contributed by atoms with van der Waals surface area (Å²) in [4.78, 5) is 3.99. The Kier molecular flexibility index (Phi) is 5.23. The molecule has 21 heavy (non-hydrogen) atoms. The van der Waals surface area contributed by atoms with Gasteiger partial charge in [-0.1, -0.05) is 31.4 Å². The molecule has 3 nitrogen and oxygen atoms in total. The molecule has 1 unspecified atom stereocenters. The van der Waals surface area contributed by atoms with E-state index in [0.717, 1.165) is 37.9 Å². The highest BCUT2D eigenvalue weighted by atomic mass is 35.5. The molecule has 1 aliphatic heterocycles. The van der Waals surface area contributed by atoms with Gasteiger partial charge in [0.2, 0.25) is 0 Å². The summed E-state index contributed by atoms with van der Waals surface area (Å²) in [6.45, 7) is 6.98. The van der Waals surface area contributed by atoms with Crippen molar-refractivity contribution in [2.24, 2.45) is 0 Å². The van der Waals surface area contributed by atoms with Gasteiger partial charge in [0.05, 0.1) is 24.3 Å². The Bertz CT molecular complexity index is 453. The van der Waals surface area contributed by atoms with Crippen molar-refractivity contribution in [3.05, 3.63) is 21.3 Å². The Morgan fingerprint density at radius 3 is 2.67 bits per heavy atom. The van der Waals surface area contributed by atoms with Gasteiger partial charge in [-0.3, -0.25) is 4.90 Å². The molecule has 1 saturated heterocycles. The number of hydrogen-bond donors (Lipinski definition) is 1. The molecule has 2 heterocycles. The zero-order chi connectivity index (χ0) is 14.7. The third kappa shape index (κ3) is 3.02. The van der Waals surface area contributed by atoms with E-state index in [1.807, 2.05) is 6.07 Å². The molecule has 0 amide bonds. The van der Waals surface area contributed by atoms with Crippen LogP contribution in [0.15, 0.2) is 11.4 Å². The summed E-state index contributed by atoms with van der Waals surface area (Å²) in [5.41, 5.74) is 0.217. The van der Waals surface area contributed by atoms with Crippen molar-refractivity contribution in [1.82, 2.24) is 10.2 Å². The van der Waals surface area contributed by atoms with Crippen molar-refractivity contribution < 1.29 is 4.74 Å². The van der Waals surface area contributed by atoms with Crippen molar-refractivity contribution in [3.63, 3.8) is 0 Å². The van der Waals surface area contributed by atoms with Crippen LogP contribution >= 0.6 is 22.9 Å². The topological polar surface area (TPSA) is 24.5 Å². The van der Waals surface area contributed by atoms with Gasteiger partial charge in [0.15, 0.2) is 0 Å². The van der Waals surface area contributed by atoms with Crippen LogP contribution in [-0.2, 0) is 4.74 Å². The lowest BCUT2D eigenvalue weighted by atomic mass is 9.84. The monoisotopic (exact) mass is 328 g/mol. The summed E-state index contributed by atoms with van der Waals surface area (Å²) in [5.74, 6) is 0. The summed E-state index contributed by atoms with van der Waals surface area (Å²) < 4.78 is 5.57. The second-order valence-corrected chi connectivity index (χ2v) is 7.39. The molecule has 0 spiro atoms. The summed E-state index contributed by atoms with van der Waals surface area (Å²) in [6, 6.07) is 2.38. The average molecular weight is 329 g/mol. The van der Waals surface area contributed by atoms with Gasteiger partial charge in [0.1, 0.15) is 0 Å². The Morgan fingerprint density at radius 1 is 1.38 bits per heavy atom. The number of nitrogens with zero attached hydrogens (tertiary/aromatic N) is 1. The summed E-state index contributed by atoms with van der Waals surface area (Å²) in [7, 11) is 0. The molecule has 3 rings (SSSR count). The molecule has 5 heteroatoms. The number of hydrogen-bond acceptors (Lipinski definition) is 4. The van der Waals surface area contributed by atoms with Crippen molar-refractivity contribution >= 4 is 22.9 Å². The molecular formula is C16H25ClN2OS. The normalized spacial score (nSPS) is 24.3. The number of halogens is 1. The number of nitrogens with one attached hydrogen (secondary N) is 1. The quantitative estimate of drug-likeness (QED) is 0.892. The van der Waals surface area contributed by atoms with Crippen LogP contribution < -0.4 is 5.32 Å². The van der Waals surface area contributed by atoms with Crippen LogP contribution in [0.4, 0.5) is 0 Å². The van der Waals surface area contributed by atoms with Crippen molar-refractivity contribution in [2.75, 3.05) is 32.8 Å². The van der Waals surface area contributed by atoms with E-state index in [1.165, 1.54) is 30.6 Å². The molecule has 1 atom stereocenters. The minimum atomic E-state index is 0.217. The maximum absolute atomic E-state index is 6.48. The lowest BCUT2D eigenvalue weighted by molar-refractivity contribution is -0.0356. The molecule has 0 aromatic carbocycles. The lowest BCUT2D eigenvalue weighted by Gasteiger charge is -2.48. The highest BCUT2D eigenvalue weighted by molar-refractivity contribution is 7.10. The number of morpholine rings is 1. The molecule has 1 saturated carbocycles. The highest BCUT2D eigenvalue weighted by Crippen LogP contribution is 2.47. The zero-order valence-electron chi connectivity index (χ0n) is 12.7. The van der Waals surface area contributed by atoms with E-state index in [9.17, 15) is 0 Å². The van der Waals surface area contributed by atoms with Crippen LogP contribution in [0.25, 0.3) is 0 Å². The Morgan fingerprint density at radius 2 is 2.10 bits per heavy atom. The second-order valence-electron chi connectivity index (χ2n) is 6.03. The van der Waals surface area contributed by atoms with Gasteiger partial charge in [0, 0.05) is 23.5 Å². The fraction of sp³-hybridized carbons (Fsp3) is 0.750. The standard InChI is InChI=1S/C16H25ClN2OS/c1-2-18-15(14-13(17)5-12-21-14)16(6-3-4-7-16)19-8-10-20-11-9-19/h5,12,15,18H,2-4,6-11H2,1H3. The molecule has 2 aliphatic rings. The fourth-order valence-electron chi connectivity index (χ4n) is 4.03. The lowest BCUT2D eigenvalue weighted by Crippen LogP contribution is -2.58. The molecular weight excluding hydrogens is 304 g/mol. The predicted molar refractivity (Wildman–Crippen MR) is 89.3 cm³/mol. The molecule has 0 bridgehead atoms. The Labute approximate surface area is 136 Å². The first-order valence-corrected chi connectivity index (χ1v) is 9.33. The van der Waals surface area contributed by atoms with Crippen molar-refractivity contribution in [3.8, 4) is 0 Å². The molecule has 1 N–H and O–H groups in total. The van der Waals surface area contributed by atoms with E-state index in [0.29, 0.717) is 6.04 Å². The average Bonchev–Trinajstić information content (AvgIpc) is 3.16. The fourth-order valence-corrected chi connectivity index (χ4v) is 5.38. The van der Waals surface area contributed by atoms with Crippen LogP contribution in [0, 0.1) is 0 Å². The largest absolute Gasteiger partial charge is 0.379 e. The van der Waals surface area contributed by atoms with E-state index in [4.69, 9.17) is 16.3 Å². The predicted octanol–water partition coefficient (Wildman–Crippen LogP) is 3.70. The number of thiophene rings is 1. The van der Waals surface area contributed by atoms with Gasteiger partial charge in [-0.15, -0.1) is 11.3 Å². The van der Waals surface area contributed by atoms with E-state index in [1.54, 1.807) is 11.3 Å². The molecule has 1 aromatic heterocycles. The van der Waals surface area contributed by atoms with Crippen LogP contribution in [0.2, 0.25) is 5.02 Å². The van der Waals surface area contributed by atoms with Gasteiger partial charge < -0.3 is 10.1 Å². The zero-order valence-corrected chi connectivity index (χ0v) is 14.3. The van der Waals surface area contributed by atoms with Crippen LogP contribution in [-0.4, -0.2) is 43.3 Å². The van der Waals surface area contributed by atoms with Gasteiger partial charge >= 0.3 is 0 Å². The number of likely N-dealkylation sites (N-methyl/N-ethyl adjacent to an activating group) is 1. The van der Waals surface area contributed by atoms with Crippen molar-refractivity contribution in [2.45, 2.75) is 44.2 Å². The number of rotatable bonds is 5.